The van der Waals surface area contributed by atoms with Crippen LogP contribution in [0.5, 0.6) is 0 Å². The minimum absolute atomic E-state index is 0.420. The smallest absolute Gasteiger partial charge is 0.120 e. The van der Waals surface area contributed by atoms with Gasteiger partial charge in [-0.1, -0.05) is 43.7 Å². The summed E-state index contributed by atoms with van der Waals surface area (Å²) in [4.78, 5) is 10.5. The van der Waals surface area contributed by atoms with Crippen molar-refractivity contribution in [1.29, 1.82) is 0 Å². The normalized spacial score (nSPS) is 12.4. The van der Waals surface area contributed by atoms with E-state index in [1.807, 2.05) is 18.2 Å². The van der Waals surface area contributed by atoms with Crippen LogP contribution in [-0.2, 0) is 4.79 Å². The highest BCUT2D eigenvalue weighted by molar-refractivity contribution is 5.51. The summed E-state index contributed by atoms with van der Waals surface area (Å²) in [6, 6.07) is 10.3. The number of carbonyl (C=O) groups is 1. The molecule has 1 rings (SSSR count). The maximum absolute atomic E-state index is 10.5. The van der Waals surface area contributed by atoms with Gasteiger partial charge in [-0.15, -0.1) is 0 Å². The highest BCUT2D eigenvalue weighted by Gasteiger charge is 2.08. The Kier molecular flexibility index (Phi) is 4.24. The van der Waals surface area contributed by atoms with E-state index in [0.717, 1.165) is 19.1 Å². The molecule has 0 saturated carbocycles. The van der Waals surface area contributed by atoms with Gasteiger partial charge in [0.15, 0.2) is 0 Å². The van der Waals surface area contributed by atoms with E-state index in [-0.39, 0.29) is 0 Å². The molecule has 70 valence electrons. The van der Waals surface area contributed by atoms with Crippen molar-refractivity contribution in [2.24, 2.45) is 0 Å². The Hall–Kier alpha value is -1.11. The van der Waals surface area contributed by atoms with Crippen LogP contribution in [0.25, 0.3) is 0 Å². The molecular weight excluding hydrogens is 160 g/mol. The highest BCUT2D eigenvalue weighted by Crippen LogP contribution is 2.23. The molecule has 0 spiro atoms. The average Bonchev–Trinajstić information content (AvgIpc) is 2.19. The van der Waals surface area contributed by atoms with Crippen LogP contribution in [0, 0.1) is 0 Å². The molecule has 0 aliphatic carbocycles. The predicted molar refractivity (Wildman–Crippen MR) is 54.8 cm³/mol. The van der Waals surface area contributed by atoms with E-state index in [4.69, 9.17) is 0 Å². The monoisotopic (exact) mass is 176 g/mol. The van der Waals surface area contributed by atoms with Gasteiger partial charge in [0, 0.05) is 6.42 Å². The van der Waals surface area contributed by atoms with Crippen molar-refractivity contribution in [1.82, 2.24) is 0 Å². The Balaban J connectivity index is 2.69. The lowest BCUT2D eigenvalue weighted by atomic mass is 9.92. The van der Waals surface area contributed by atoms with Crippen molar-refractivity contribution in [2.45, 2.75) is 32.1 Å². The van der Waals surface area contributed by atoms with Gasteiger partial charge in [-0.05, 0) is 17.9 Å². The molecule has 1 aromatic rings. The third-order valence-electron chi connectivity index (χ3n) is 2.29. The first-order valence-corrected chi connectivity index (χ1v) is 4.87. The maximum Gasteiger partial charge on any atom is 0.120 e. The molecule has 0 aromatic heterocycles. The molecule has 1 heteroatoms. The lowest BCUT2D eigenvalue weighted by Crippen LogP contribution is -1.98. The van der Waals surface area contributed by atoms with Crippen LogP contribution in [0.3, 0.4) is 0 Å². The van der Waals surface area contributed by atoms with E-state index in [2.05, 4.69) is 19.1 Å². The summed E-state index contributed by atoms with van der Waals surface area (Å²) < 4.78 is 0. The van der Waals surface area contributed by atoms with E-state index >= 15 is 0 Å². The molecule has 0 bridgehead atoms. The Labute approximate surface area is 79.8 Å². The minimum atomic E-state index is 0.420. The zero-order valence-electron chi connectivity index (χ0n) is 8.07. The SMILES string of the molecule is CCC[C@@H](CC=O)c1ccccc1. The molecule has 0 fully saturated rings. The largest absolute Gasteiger partial charge is 0.303 e. The summed E-state index contributed by atoms with van der Waals surface area (Å²) >= 11 is 0. The zero-order valence-corrected chi connectivity index (χ0v) is 8.07. The molecule has 0 radical (unpaired) electrons. The van der Waals surface area contributed by atoms with Crippen LogP contribution in [0.15, 0.2) is 30.3 Å². The van der Waals surface area contributed by atoms with Gasteiger partial charge in [-0.2, -0.15) is 0 Å². The summed E-state index contributed by atoms with van der Waals surface area (Å²) in [6.45, 7) is 2.15. The van der Waals surface area contributed by atoms with Gasteiger partial charge in [-0.3, -0.25) is 0 Å². The fourth-order valence-corrected chi connectivity index (χ4v) is 1.61. The lowest BCUT2D eigenvalue weighted by Gasteiger charge is -2.12. The zero-order chi connectivity index (χ0) is 9.52. The van der Waals surface area contributed by atoms with Crippen LogP contribution in [0.4, 0.5) is 0 Å². The lowest BCUT2D eigenvalue weighted by molar-refractivity contribution is -0.108. The van der Waals surface area contributed by atoms with Gasteiger partial charge in [-0.25, -0.2) is 0 Å². The number of rotatable bonds is 5. The first kappa shape index (κ1) is 9.97. The molecule has 0 aliphatic rings. The molecular formula is C12H16O. The third-order valence-corrected chi connectivity index (χ3v) is 2.29. The van der Waals surface area contributed by atoms with Gasteiger partial charge < -0.3 is 4.79 Å². The van der Waals surface area contributed by atoms with Gasteiger partial charge in [0.2, 0.25) is 0 Å². The Morgan fingerprint density at radius 3 is 2.54 bits per heavy atom. The van der Waals surface area contributed by atoms with Crippen molar-refractivity contribution < 1.29 is 4.79 Å². The number of benzene rings is 1. The summed E-state index contributed by atoms with van der Waals surface area (Å²) in [5, 5.41) is 0. The number of carbonyl (C=O) groups excluding carboxylic acids is 1. The number of hydrogen-bond acceptors (Lipinski definition) is 1. The van der Waals surface area contributed by atoms with E-state index < -0.39 is 0 Å². The topological polar surface area (TPSA) is 17.1 Å². The second-order valence-corrected chi connectivity index (χ2v) is 3.30. The summed E-state index contributed by atoms with van der Waals surface area (Å²) in [5.41, 5.74) is 1.29. The third kappa shape index (κ3) is 3.02. The number of aldehydes is 1. The van der Waals surface area contributed by atoms with E-state index in [0.29, 0.717) is 12.3 Å². The Morgan fingerprint density at radius 2 is 2.00 bits per heavy atom. The maximum atomic E-state index is 10.5. The van der Waals surface area contributed by atoms with Crippen LogP contribution >= 0.6 is 0 Å². The van der Waals surface area contributed by atoms with Gasteiger partial charge in [0.1, 0.15) is 6.29 Å². The Morgan fingerprint density at radius 1 is 1.31 bits per heavy atom. The highest BCUT2D eigenvalue weighted by atomic mass is 16.1. The van der Waals surface area contributed by atoms with Crippen molar-refractivity contribution in [3.63, 3.8) is 0 Å². The molecule has 0 amide bonds. The van der Waals surface area contributed by atoms with Crippen LogP contribution in [0.2, 0.25) is 0 Å². The first-order valence-electron chi connectivity index (χ1n) is 4.87. The molecule has 1 atom stereocenters. The van der Waals surface area contributed by atoms with E-state index in [1.165, 1.54) is 5.56 Å². The van der Waals surface area contributed by atoms with Crippen LogP contribution < -0.4 is 0 Å². The van der Waals surface area contributed by atoms with Crippen molar-refractivity contribution >= 4 is 6.29 Å². The van der Waals surface area contributed by atoms with Gasteiger partial charge >= 0.3 is 0 Å². The molecule has 0 aliphatic heterocycles. The van der Waals surface area contributed by atoms with E-state index in [9.17, 15) is 4.79 Å². The molecule has 0 saturated heterocycles. The molecule has 13 heavy (non-hydrogen) atoms. The average molecular weight is 176 g/mol. The summed E-state index contributed by atoms with van der Waals surface area (Å²) in [5.74, 6) is 0.420. The van der Waals surface area contributed by atoms with Gasteiger partial charge in [0.25, 0.3) is 0 Å². The van der Waals surface area contributed by atoms with E-state index in [1.54, 1.807) is 0 Å². The quantitative estimate of drug-likeness (QED) is 0.630. The fourth-order valence-electron chi connectivity index (χ4n) is 1.61. The molecule has 0 N–H and O–H groups in total. The van der Waals surface area contributed by atoms with Crippen LogP contribution in [0.1, 0.15) is 37.7 Å². The van der Waals surface area contributed by atoms with Crippen molar-refractivity contribution in [2.75, 3.05) is 0 Å². The van der Waals surface area contributed by atoms with Crippen LogP contribution in [-0.4, -0.2) is 6.29 Å². The molecule has 1 nitrogen and oxygen atoms in total. The minimum Gasteiger partial charge on any atom is -0.303 e. The molecule has 1 aromatic carbocycles. The van der Waals surface area contributed by atoms with Crippen molar-refractivity contribution in [3.05, 3.63) is 35.9 Å². The summed E-state index contributed by atoms with van der Waals surface area (Å²) in [6.07, 6.45) is 3.90. The second-order valence-electron chi connectivity index (χ2n) is 3.30. The first-order chi connectivity index (χ1) is 6.38. The fraction of sp³-hybridized carbons (Fsp3) is 0.417. The van der Waals surface area contributed by atoms with Gasteiger partial charge in [0.05, 0.1) is 0 Å². The predicted octanol–water partition coefficient (Wildman–Crippen LogP) is 3.16. The second kappa shape index (κ2) is 5.52. The van der Waals surface area contributed by atoms with Crippen molar-refractivity contribution in [3.8, 4) is 0 Å². The number of hydrogen-bond donors (Lipinski definition) is 0. The molecule has 0 heterocycles. The summed E-state index contributed by atoms with van der Waals surface area (Å²) in [7, 11) is 0. The Bertz CT molecular complexity index is 241. The standard InChI is InChI=1S/C12H16O/c1-2-6-11(9-10-13)12-7-4-3-5-8-12/h3-5,7-8,10-11H,2,6,9H2,1H3/t11-/m0/s1. The molecule has 0 unspecified atom stereocenters.